The number of fused-ring (bicyclic) bond motifs is 1. The summed E-state index contributed by atoms with van der Waals surface area (Å²) < 4.78 is 0.929. The molecule has 1 heterocycles. The molecule has 3 rings (SSSR count). The predicted octanol–water partition coefficient (Wildman–Crippen LogP) is 4.54. The van der Waals surface area contributed by atoms with Gasteiger partial charge in [-0.05, 0) is 18.6 Å². The van der Waals surface area contributed by atoms with E-state index in [2.05, 4.69) is 10.5 Å². The Kier molecular flexibility index (Phi) is 4.78. The first-order valence-electron chi connectivity index (χ1n) is 7.22. The van der Waals surface area contributed by atoms with Gasteiger partial charge in [0.2, 0.25) is 0 Å². The number of aryl methyl sites for hydroxylation is 1. The summed E-state index contributed by atoms with van der Waals surface area (Å²) in [6, 6.07) is 11.7. The summed E-state index contributed by atoms with van der Waals surface area (Å²) in [5.41, 5.74) is 3.95. The molecule has 0 saturated heterocycles. The van der Waals surface area contributed by atoms with Crippen LogP contribution in [0, 0.1) is 17.0 Å². The highest BCUT2D eigenvalue weighted by Crippen LogP contribution is 2.35. The number of non-ortho nitro benzene ring substituents is 1. The Labute approximate surface area is 151 Å². The Morgan fingerprint density at radius 2 is 2.12 bits per heavy atom. The Hall–Kier alpha value is -2.77. The van der Waals surface area contributed by atoms with Crippen molar-refractivity contribution in [1.82, 2.24) is 5.43 Å². The molecule has 6 nitrogen and oxygen atoms in total. The molecule has 0 saturated carbocycles. The predicted molar refractivity (Wildman–Crippen MR) is 99.7 cm³/mol. The third-order valence-corrected chi connectivity index (χ3v) is 5.11. The first-order valence-corrected chi connectivity index (χ1v) is 8.41. The minimum Gasteiger partial charge on any atom is -0.266 e. The Morgan fingerprint density at radius 3 is 2.88 bits per heavy atom. The number of nitro benzene ring substituents is 1. The zero-order chi connectivity index (χ0) is 18.0. The number of hydrazone groups is 1. The normalized spacial score (nSPS) is 11.1. The number of nitrogens with zero attached hydrogens (tertiary/aromatic N) is 2. The molecule has 1 aromatic heterocycles. The molecule has 0 spiro atoms. The number of benzene rings is 2. The van der Waals surface area contributed by atoms with Crippen molar-refractivity contribution in [2.45, 2.75) is 6.92 Å². The highest BCUT2D eigenvalue weighted by atomic mass is 35.5. The molecule has 2 aromatic carbocycles. The summed E-state index contributed by atoms with van der Waals surface area (Å²) in [6.07, 6.45) is 1.34. The van der Waals surface area contributed by atoms with Crippen molar-refractivity contribution in [3.05, 3.63) is 73.6 Å². The van der Waals surface area contributed by atoms with Crippen molar-refractivity contribution in [3.63, 3.8) is 0 Å². The first-order chi connectivity index (χ1) is 12.0. The standard InChI is InChI=1S/C17H12ClN3O3S/c1-10-5-6-13-14(7-10)25-16(15(13)18)17(22)20-19-9-11-3-2-4-12(8-11)21(23)24/h2-9H,1H3,(H,20,22)/b19-9+. The molecule has 1 amide bonds. The topological polar surface area (TPSA) is 84.6 Å². The third kappa shape index (κ3) is 3.67. The minimum atomic E-state index is -0.491. The molecule has 25 heavy (non-hydrogen) atoms. The highest BCUT2D eigenvalue weighted by Gasteiger charge is 2.16. The fraction of sp³-hybridized carbons (Fsp3) is 0.0588. The van der Waals surface area contributed by atoms with E-state index in [9.17, 15) is 14.9 Å². The zero-order valence-electron chi connectivity index (χ0n) is 13.0. The smallest absolute Gasteiger partial charge is 0.266 e. The van der Waals surface area contributed by atoms with Crippen LogP contribution in [0.1, 0.15) is 20.8 Å². The van der Waals surface area contributed by atoms with E-state index in [1.165, 1.54) is 29.7 Å². The molecule has 0 aliphatic carbocycles. The zero-order valence-corrected chi connectivity index (χ0v) is 14.6. The molecule has 8 heteroatoms. The first kappa shape index (κ1) is 17.1. The van der Waals surface area contributed by atoms with Crippen LogP contribution in [0.25, 0.3) is 10.1 Å². The van der Waals surface area contributed by atoms with Crippen LogP contribution in [0.5, 0.6) is 0 Å². The highest BCUT2D eigenvalue weighted by molar-refractivity contribution is 7.21. The lowest BCUT2D eigenvalue weighted by molar-refractivity contribution is -0.384. The lowest BCUT2D eigenvalue weighted by Gasteiger charge is -1.97. The third-order valence-electron chi connectivity index (χ3n) is 3.45. The van der Waals surface area contributed by atoms with Crippen LogP contribution in [-0.2, 0) is 0 Å². The molecule has 3 aromatic rings. The van der Waals surface area contributed by atoms with Crippen LogP contribution in [-0.4, -0.2) is 17.0 Å². The fourth-order valence-corrected chi connectivity index (χ4v) is 3.76. The van der Waals surface area contributed by atoms with Gasteiger partial charge in [0.25, 0.3) is 11.6 Å². The molecule has 0 radical (unpaired) electrons. The molecule has 0 unspecified atom stereocenters. The van der Waals surface area contributed by atoms with Gasteiger partial charge in [0.1, 0.15) is 4.88 Å². The summed E-state index contributed by atoms with van der Waals surface area (Å²) >= 11 is 7.57. The summed E-state index contributed by atoms with van der Waals surface area (Å²) in [6.45, 7) is 1.97. The maximum Gasteiger partial charge on any atom is 0.283 e. The van der Waals surface area contributed by atoms with Gasteiger partial charge in [0.05, 0.1) is 16.2 Å². The van der Waals surface area contributed by atoms with E-state index in [1.54, 1.807) is 12.1 Å². The van der Waals surface area contributed by atoms with E-state index < -0.39 is 10.8 Å². The van der Waals surface area contributed by atoms with Crippen molar-refractivity contribution < 1.29 is 9.72 Å². The number of amides is 1. The van der Waals surface area contributed by atoms with E-state index in [0.717, 1.165) is 15.6 Å². The van der Waals surface area contributed by atoms with Gasteiger partial charge in [-0.3, -0.25) is 14.9 Å². The summed E-state index contributed by atoms with van der Waals surface area (Å²) in [5, 5.41) is 15.8. The number of nitrogens with one attached hydrogen (secondary N) is 1. The van der Waals surface area contributed by atoms with E-state index in [1.807, 2.05) is 25.1 Å². The van der Waals surface area contributed by atoms with Crippen molar-refractivity contribution >= 4 is 50.8 Å². The lowest BCUT2D eigenvalue weighted by Crippen LogP contribution is -2.16. The lowest BCUT2D eigenvalue weighted by atomic mass is 10.2. The number of nitro groups is 1. The Morgan fingerprint density at radius 1 is 1.32 bits per heavy atom. The maximum atomic E-state index is 12.3. The Balaban J connectivity index is 1.78. The van der Waals surface area contributed by atoms with Crippen molar-refractivity contribution in [1.29, 1.82) is 0 Å². The average molecular weight is 374 g/mol. The van der Waals surface area contributed by atoms with Crippen molar-refractivity contribution in [3.8, 4) is 0 Å². The fourth-order valence-electron chi connectivity index (χ4n) is 2.25. The molecule has 126 valence electrons. The molecule has 0 atom stereocenters. The van der Waals surface area contributed by atoms with E-state index in [4.69, 9.17) is 11.6 Å². The van der Waals surface area contributed by atoms with E-state index >= 15 is 0 Å². The van der Waals surface area contributed by atoms with Gasteiger partial charge in [0, 0.05) is 27.8 Å². The number of rotatable bonds is 4. The van der Waals surface area contributed by atoms with Gasteiger partial charge in [-0.2, -0.15) is 5.10 Å². The minimum absolute atomic E-state index is 0.0433. The van der Waals surface area contributed by atoms with Crippen LogP contribution < -0.4 is 5.43 Å². The summed E-state index contributed by atoms with van der Waals surface area (Å²) in [5.74, 6) is -0.425. The maximum absolute atomic E-state index is 12.3. The van der Waals surface area contributed by atoms with Crippen LogP contribution in [0.15, 0.2) is 47.6 Å². The van der Waals surface area contributed by atoms with Gasteiger partial charge >= 0.3 is 0 Å². The van der Waals surface area contributed by atoms with Crippen molar-refractivity contribution in [2.24, 2.45) is 5.10 Å². The summed E-state index contributed by atoms with van der Waals surface area (Å²) in [4.78, 5) is 22.9. The van der Waals surface area contributed by atoms with E-state index in [0.29, 0.717) is 15.5 Å². The monoisotopic (exact) mass is 373 g/mol. The largest absolute Gasteiger partial charge is 0.283 e. The second-order valence-electron chi connectivity index (χ2n) is 5.30. The molecule has 0 aliphatic heterocycles. The van der Waals surface area contributed by atoms with E-state index in [-0.39, 0.29) is 5.69 Å². The molecule has 0 fully saturated rings. The molecule has 0 bridgehead atoms. The number of thiophene rings is 1. The van der Waals surface area contributed by atoms with Gasteiger partial charge in [0.15, 0.2) is 0 Å². The molecule has 0 aliphatic rings. The van der Waals surface area contributed by atoms with Crippen LogP contribution in [0.4, 0.5) is 5.69 Å². The van der Waals surface area contributed by atoms with Gasteiger partial charge in [-0.15, -0.1) is 11.3 Å². The number of carbonyl (C=O) groups is 1. The molecular formula is C17H12ClN3O3S. The number of hydrogen-bond acceptors (Lipinski definition) is 5. The van der Waals surface area contributed by atoms with Gasteiger partial charge in [-0.25, -0.2) is 5.43 Å². The quantitative estimate of drug-likeness (QED) is 0.414. The van der Waals surface area contributed by atoms with Crippen LogP contribution in [0.2, 0.25) is 5.02 Å². The van der Waals surface area contributed by atoms with Gasteiger partial charge in [-0.1, -0.05) is 35.9 Å². The Bertz CT molecular complexity index is 1010. The molecular weight excluding hydrogens is 362 g/mol. The van der Waals surface area contributed by atoms with Gasteiger partial charge < -0.3 is 0 Å². The number of hydrogen-bond donors (Lipinski definition) is 1. The number of carbonyl (C=O) groups excluding carboxylic acids is 1. The summed E-state index contributed by atoms with van der Waals surface area (Å²) in [7, 11) is 0. The van der Waals surface area contributed by atoms with Crippen molar-refractivity contribution in [2.75, 3.05) is 0 Å². The van der Waals surface area contributed by atoms with Crippen LogP contribution in [0.3, 0.4) is 0 Å². The molecule has 1 N–H and O–H groups in total. The number of halogens is 1. The average Bonchev–Trinajstić information content (AvgIpc) is 2.91. The van der Waals surface area contributed by atoms with Crippen LogP contribution >= 0.6 is 22.9 Å². The SMILES string of the molecule is Cc1ccc2c(Cl)c(C(=O)N/N=C/c3cccc([N+](=O)[O-])c3)sc2c1. The second kappa shape index (κ2) is 7.00. The second-order valence-corrected chi connectivity index (χ2v) is 6.73.